The summed E-state index contributed by atoms with van der Waals surface area (Å²) in [6.07, 6.45) is 0. The molecule has 1 amide bonds. The molecule has 0 aliphatic heterocycles. The number of hydrogen-bond acceptors (Lipinski definition) is 2. The molecule has 0 aliphatic carbocycles. The molecule has 0 aliphatic rings. The van der Waals surface area contributed by atoms with E-state index in [1.54, 1.807) is 36.4 Å². The zero-order valence-electron chi connectivity index (χ0n) is 10.2. The van der Waals surface area contributed by atoms with Gasteiger partial charge in [-0.3, -0.25) is 4.79 Å². The largest absolute Gasteiger partial charge is 0.399 e. The first-order chi connectivity index (χ1) is 8.97. The van der Waals surface area contributed by atoms with Crippen LogP contribution in [0.2, 0.25) is 10.0 Å². The molecule has 3 nitrogen and oxygen atoms in total. The molecule has 0 fully saturated rings. The highest BCUT2D eigenvalue weighted by Crippen LogP contribution is 2.25. The first-order valence-electron chi connectivity index (χ1n) is 5.60. The number of rotatable bonds is 2. The molecule has 0 bridgehead atoms. The van der Waals surface area contributed by atoms with Gasteiger partial charge in [-0.1, -0.05) is 29.3 Å². The maximum atomic E-state index is 12.2. The standard InChI is InChI=1S/C14H12Cl2N2O/c1-8-2-3-9(15)6-11(8)14(19)18-13-7-10(17)4-5-12(13)16/h2-7H,17H2,1H3,(H,18,19). The molecule has 0 atom stereocenters. The monoisotopic (exact) mass is 294 g/mol. The molecule has 0 spiro atoms. The Balaban J connectivity index is 2.30. The van der Waals surface area contributed by atoms with Gasteiger partial charge in [0.05, 0.1) is 10.7 Å². The highest BCUT2D eigenvalue weighted by atomic mass is 35.5. The second kappa shape index (κ2) is 5.51. The number of carbonyl (C=O) groups excluding carboxylic acids is 1. The summed E-state index contributed by atoms with van der Waals surface area (Å²) in [5.74, 6) is -0.271. The summed E-state index contributed by atoms with van der Waals surface area (Å²) in [6.45, 7) is 1.84. The van der Waals surface area contributed by atoms with Crippen LogP contribution in [0.15, 0.2) is 36.4 Å². The molecule has 3 N–H and O–H groups in total. The molecular formula is C14H12Cl2N2O. The number of carbonyl (C=O) groups is 1. The molecule has 5 heteroatoms. The molecule has 2 rings (SSSR count). The van der Waals surface area contributed by atoms with Gasteiger partial charge < -0.3 is 11.1 Å². The van der Waals surface area contributed by atoms with Crippen LogP contribution in [0.5, 0.6) is 0 Å². The SMILES string of the molecule is Cc1ccc(Cl)cc1C(=O)Nc1cc(N)ccc1Cl. The summed E-state index contributed by atoms with van der Waals surface area (Å²) in [7, 11) is 0. The van der Waals surface area contributed by atoms with Crippen LogP contribution >= 0.6 is 23.2 Å². The highest BCUT2D eigenvalue weighted by Gasteiger charge is 2.11. The summed E-state index contributed by atoms with van der Waals surface area (Å²) in [6, 6.07) is 10.1. The molecule has 0 heterocycles. The van der Waals surface area contributed by atoms with Crippen molar-refractivity contribution in [1.82, 2.24) is 0 Å². The summed E-state index contributed by atoms with van der Waals surface area (Å²) in [4.78, 5) is 12.2. The Labute approximate surface area is 121 Å². The fraction of sp³-hybridized carbons (Fsp3) is 0.0714. The van der Waals surface area contributed by atoms with E-state index in [2.05, 4.69) is 5.32 Å². The van der Waals surface area contributed by atoms with Crippen molar-refractivity contribution in [2.45, 2.75) is 6.92 Å². The normalized spacial score (nSPS) is 10.3. The molecular weight excluding hydrogens is 283 g/mol. The van der Waals surface area contributed by atoms with Gasteiger partial charge in [0, 0.05) is 16.3 Å². The molecule has 0 aromatic heterocycles. The van der Waals surface area contributed by atoms with Gasteiger partial charge in [0.2, 0.25) is 0 Å². The lowest BCUT2D eigenvalue weighted by Gasteiger charge is -2.10. The van der Waals surface area contributed by atoms with Gasteiger partial charge in [-0.2, -0.15) is 0 Å². The molecule has 0 unspecified atom stereocenters. The van der Waals surface area contributed by atoms with Crippen LogP contribution in [0.4, 0.5) is 11.4 Å². The Morgan fingerprint density at radius 2 is 1.89 bits per heavy atom. The van der Waals surface area contributed by atoms with Crippen molar-refractivity contribution >= 4 is 40.5 Å². The van der Waals surface area contributed by atoms with Crippen LogP contribution < -0.4 is 11.1 Å². The minimum Gasteiger partial charge on any atom is -0.399 e. The topological polar surface area (TPSA) is 55.1 Å². The lowest BCUT2D eigenvalue weighted by molar-refractivity contribution is 0.102. The second-order valence-electron chi connectivity index (χ2n) is 4.15. The Morgan fingerprint density at radius 1 is 1.16 bits per heavy atom. The summed E-state index contributed by atoms with van der Waals surface area (Å²) < 4.78 is 0. The van der Waals surface area contributed by atoms with Gasteiger partial charge in [-0.25, -0.2) is 0 Å². The minimum absolute atomic E-state index is 0.271. The van der Waals surface area contributed by atoms with E-state index in [1.165, 1.54) is 0 Å². The van der Waals surface area contributed by atoms with E-state index in [0.29, 0.717) is 27.0 Å². The third-order valence-corrected chi connectivity index (χ3v) is 3.25. The number of aryl methyl sites for hydroxylation is 1. The van der Waals surface area contributed by atoms with Gasteiger partial charge >= 0.3 is 0 Å². The van der Waals surface area contributed by atoms with Crippen LogP contribution in [0.3, 0.4) is 0 Å². The molecule has 2 aromatic carbocycles. The van der Waals surface area contributed by atoms with Crippen LogP contribution in [-0.4, -0.2) is 5.91 Å². The van der Waals surface area contributed by atoms with E-state index < -0.39 is 0 Å². The minimum atomic E-state index is -0.271. The van der Waals surface area contributed by atoms with Gasteiger partial charge in [-0.05, 0) is 42.8 Å². The summed E-state index contributed by atoms with van der Waals surface area (Å²) >= 11 is 11.9. The number of benzene rings is 2. The number of nitrogen functional groups attached to an aromatic ring is 1. The number of hydrogen-bond donors (Lipinski definition) is 2. The second-order valence-corrected chi connectivity index (χ2v) is 5.00. The number of nitrogens with two attached hydrogens (primary N) is 1. The lowest BCUT2D eigenvalue weighted by Crippen LogP contribution is -2.13. The lowest BCUT2D eigenvalue weighted by atomic mass is 10.1. The fourth-order valence-corrected chi connectivity index (χ4v) is 2.00. The first-order valence-corrected chi connectivity index (χ1v) is 6.35. The van der Waals surface area contributed by atoms with Crippen LogP contribution in [0, 0.1) is 6.92 Å². The Hall–Kier alpha value is -1.71. The van der Waals surface area contributed by atoms with Crippen molar-refractivity contribution in [3.8, 4) is 0 Å². The molecule has 2 aromatic rings. The van der Waals surface area contributed by atoms with Crippen molar-refractivity contribution in [3.05, 3.63) is 57.6 Å². The molecule has 0 saturated carbocycles. The third-order valence-electron chi connectivity index (χ3n) is 2.68. The van der Waals surface area contributed by atoms with Crippen molar-refractivity contribution in [2.24, 2.45) is 0 Å². The molecule has 0 radical (unpaired) electrons. The zero-order valence-corrected chi connectivity index (χ0v) is 11.7. The molecule has 19 heavy (non-hydrogen) atoms. The predicted octanol–water partition coefficient (Wildman–Crippen LogP) is 4.14. The fourth-order valence-electron chi connectivity index (χ4n) is 1.67. The van der Waals surface area contributed by atoms with Crippen molar-refractivity contribution in [2.75, 3.05) is 11.1 Å². The van der Waals surface area contributed by atoms with Gasteiger partial charge in [0.1, 0.15) is 0 Å². The van der Waals surface area contributed by atoms with Gasteiger partial charge in [0.25, 0.3) is 5.91 Å². The molecule has 98 valence electrons. The maximum absolute atomic E-state index is 12.2. The van der Waals surface area contributed by atoms with Gasteiger partial charge in [-0.15, -0.1) is 0 Å². The quantitative estimate of drug-likeness (QED) is 0.818. The van der Waals surface area contributed by atoms with E-state index in [4.69, 9.17) is 28.9 Å². The van der Waals surface area contributed by atoms with E-state index in [1.807, 2.05) is 6.92 Å². The number of nitrogens with one attached hydrogen (secondary N) is 1. The number of anilines is 2. The number of amides is 1. The maximum Gasteiger partial charge on any atom is 0.256 e. The Morgan fingerprint density at radius 3 is 2.63 bits per heavy atom. The average Bonchev–Trinajstić information content (AvgIpc) is 2.36. The highest BCUT2D eigenvalue weighted by molar-refractivity contribution is 6.34. The van der Waals surface area contributed by atoms with E-state index in [-0.39, 0.29) is 5.91 Å². The van der Waals surface area contributed by atoms with Crippen molar-refractivity contribution in [1.29, 1.82) is 0 Å². The Bertz CT molecular complexity index is 641. The van der Waals surface area contributed by atoms with Gasteiger partial charge in [0.15, 0.2) is 0 Å². The van der Waals surface area contributed by atoms with E-state index in [0.717, 1.165) is 5.56 Å². The average molecular weight is 295 g/mol. The third kappa shape index (κ3) is 3.19. The van der Waals surface area contributed by atoms with Crippen LogP contribution in [0.1, 0.15) is 15.9 Å². The summed E-state index contributed by atoms with van der Waals surface area (Å²) in [5, 5.41) is 3.67. The van der Waals surface area contributed by atoms with E-state index in [9.17, 15) is 4.79 Å². The summed E-state index contributed by atoms with van der Waals surface area (Å²) in [5.41, 5.74) is 8.01. The Kier molecular flexibility index (Phi) is 3.98. The number of halogens is 2. The molecule has 0 saturated heterocycles. The smallest absolute Gasteiger partial charge is 0.256 e. The first kappa shape index (κ1) is 13.7. The van der Waals surface area contributed by atoms with Crippen molar-refractivity contribution in [3.63, 3.8) is 0 Å². The van der Waals surface area contributed by atoms with Crippen LogP contribution in [0.25, 0.3) is 0 Å². The predicted molar refractivity (Wildman–Crippen MR) is 80.0 cm³/mol. The van der Waals surface area contributed by atoms with Crippen molar-refractivity contribution < 1.29 is 4.79 Å². The zero-order chi connectivity index (χ0) is 14.0. The van der Waals surface area contributed by atoms with E-state index >= 15 is 0 Å². The van der Waals surface area contributed by atoms with Crippen LogP contribution in [-0.2, 0) is 0 Å².